The third-order valence-electron chi connectivity index (χ3n) is 3.74. The van der Waals surface area contributed by atoms with Crippen LogP contribution in [-0.4, -0.2) is 35.3 Å². The molecule has 3 rings (SSSR count). The SMILES string of the molecule is COc1cccc(OC)c1C(=O)Nc1ccc(NCc2ccccn2)nn1. The van der Waals surface area contributed by atoms with Crippen LogP contribution < -0.4 is 20.1 Å². The molecule has 2 aromatic heterocycles. The average molecular weight is 365 g/mol. The zero-order valence-electron chi connectivity index (χ0n) is 15.0. The number of amides is 1. The number of nitrogens with zero attached hydrogens (tertiary/aromatic N) is 3. The average Bonchev–Trinajstić information content (AvgIpc) is 2.73. The Labute approximate surface area is 156 Å². The van der Waals surface area contributed by atoms with Gasteiger partial charge in [-0.25, -0.2) is 0 Å². The van der Waals surface area contributed by atoms with Gasteiger partial charge in [-0.2, -0.15) is 0 Å². The molecule has 0 fully saturated rings. The van der Waals surface area contributed by atoms with Crippen LogP contribution in [0.3, 0.4) is 0 Å². The van der Waals surface area contributed by atoms with Gasteiger partial charge in [0.15, 0.2) is 5.82 Å². The first-order chi connectivity index (χ1) is 13.2. The molecule has 3 aromatic rings. The van der Waals surface area contributed by atoms with E-state index in [-0.39, 0.29) is 0 Å². The number of carbonyl (C=O) groups is 1. The minimum Gasteiger partial charge on any atom is -0.496 e. The number of rotatable bonds is 7. The predicted octanol–water partition coefficient (Wildman–Crippen LogP) is 2.75. The van der Waals surface area contributed by atoms with Crippen LogP contribution in [0.1, 0.15) is 16.1 Å². The van der Waals surface area contributed by atoms with E-state index in [1.807, 2.05) is 18.2 Å². The van der Waals surface area contributed by atoms with Gasteiger partial charge in [-0.05, 0) is 36.4 Å². The highest BCUT2D eigenvalue weighted by atomic mass is 16.5. The molecule has 2 heterocycles. The van der Waals surface area contributed by atoms with Gasteiger partial charge >= 0.3 is 0 Å². The summed E-state index contributed by atoms with van der Waals surface area (Å²) in [6, 6.07) is 14.2. The summed E-state index contributed by atoms with van der Waals surface area (Å²) in [6.07, 6.45) is 1.73. The summed E-state index contributed by atoms with van der Waals surface area (Å²) in [5, 5.41) is 13.9. The number of benzene rings is 1. The Morgan fingerprint density at radius 2 is 1.63 bits per heavy atom. The molecule has 8 heteroatoms. The lowest BCUT2D eigenvalue weighted by molar-refractivity contribution is 0.102. The smallest absolute Gasteiger partial charge is 0.264 e. The quantitative estimate of drug-likeness (QED) is 0.664. The Bertz CT molecular complexity index is 879. The van der Waals surface area contributed by atoms with Crippen LogP contribution in [0.15, 0.2) is 54.7 Å². The number of ether oxygens (including phenoxy) is 2. The normalized spacial score (nSPS) is 10.1. The molecular weight excluding hydrogens is 346 g/mol. The fraction of sp³-hybridized carbons (Fsp3) is 0.158. The highest BCUT2D eigenvalue weighted by Gasteiger charge is 2.18. The minimum atomic E-state index is -0.396. The molecule has 0 spiro atoms. The molecular formula is C19H19N5O3. The van der Waals surface area contributed by atoms with E-state index in [1.165, 1.54) is 14.2 Å². The van der Waals surface area contributed by atoms with Gasteiger partial charge in [0.1, 0.15) is 22.9 Å². The van der Waals surface area contributed by atoms with Crippen LogP contribution in [0.2, 0.25) is 0 Å². The number of nitrogens with one attached hydrogen (secondary N) is 2. The van der Waals surface area contributed by atoms with Crippen LogP contribution in [0.25, 0.3) is 0 Å². The number of carbonyl (C=O) groups excluding carboxylic acids is 1. The maximum Gasteiger partial charge on any atom is 0.264 e. The topological polar surface area (TPSA) is 98.3 Å². The summed E-state index contributed by atoms with van der Waals surface area (Å²) >= 11 is 0. The van der Waals surface area contributed by atoms with E-state index in [4.69, 9.17) is 9.47 Å². The minimum absolute atomic E-state index is 0.293. The second-order valence-corrected chi connectivity index (χ2v) is 5.47. The van der Waals surface area contributed by atoms with E-state index in [1.54, 1.807) is 36.5 Å². The third kappa shape index (κ3) is 4.49. The monoisotopic (exact) mass is 365 g/mol. The predicted molar refractivity (Wildman–Crippen MR) is 101 cm³/mol. The van der Waals surface area contributed by atoms with Gasteiger partial charge in [0.25, 0.3) is 5.91 Å². The zero-order chi connectivity index (χ0) is 19.1. The van der Waals surface area contributed by atoms with Crippen LogP contribution in [0.5, 0.6) is 11.5 Å². The number of pyridine rings is 1. The molecule has 0 atom stereocenters. The highest BCUT2D eigenvalue weighted by Crippen LogP contribution is 2.28. The van der Waals surface area contributed by atoms with Crippen molar-refractivity contribution < 1.29 is 14.3 Å². The first kappa shape index (κ1) is 18.1. The van der Waals surface area contributed by atoms with E-state index < -0.39 is 5.91 Å². The highest BCUT2D eigenvalue weighted by molar-refractivity contribution is 6.07. The molecule has 1 amide bonds. The van der Waals surface area contributed by atoms with Gasteiger partial charge in [-0.1, -0.05) is 12.1 Å². The second kappa shape index (κ2) is 8.61. The lowest BCUT2D eigenvalue weighted by Gasteiger charge is -2.12. The van der Waals surface area contributed by atoms with E-state index in [9.17, 15) is 4.79 Å². The standard InChI is InChI=1S/C19H19N5O3/c1-26-14-7-5-8-15(27-2)18(14)19(25)22-17-10-9-16(23-24-17)21-12-13-6-3-4-11-20-13/h3-11H,12H2,1-2H3,(H,21,23)(H,22,24,25). The Balaban J connectivity index is 1.67. The fourth-order valence-electron chi connectivity index (χ4n) is 2.43. The van der Waals surface area contributed by atoms with Crippen LogP contribution in [0.4, 0.5) is 11.6 Å². The van der Waals surface area contributed by atoms with Crippen molar-refractivity contribution in [3.8, 4) is 11.5 Å². The van der Waals surface area contributed by atoms with Gasteiger partial charge in [0.2, 0.25) is 0 Å². The molecule has 8 nitrogen and oxygen atoms in total. The second-order valence-electron chi connectivity index (χ2n) is 5.47. The molecule has 0 aliphatic heterocycles. The largest absolute Gasteiger partial charge is 0.496 e. The van der Waals surface area contributed by atoms with E-state index in [0.29, 0.717) is 35.2 Å². The van der Waals surface area contributed by atoms with E-state index in [2.05, 4.69) is 25.8 Å². The number of hydrogen-bond acceptors (Lipinski definition) is 7. The number of hydrogen-bond donors (Lipinski definition) is 2. The van der Waals surface area contributed by atoms with Gasteiger partial charge in [-0.15, -0.1) is 10.2 Å². The molecule has 0 saturated carbocycles. The summed E-state index contributed by atoms with van der Waals surface area (Å²) in [4.78, 5) is 16.8. The first-order valence-corrected chi connectivity index (χ1v) is 8.21. The van der Waals surface area contributed by atoms with Crippen LogP contribution >= 0.6 is 0 Å². The first-order valence-electron chi connectivity index (χ1n) is 8.21. The molecule has 0 unspecified atom stereocenters. The molecule has 0 saturated heterocycles. The molecule has 0 radical (unpaired) electrons. The number of anilines is 2. The van der Waals surface area contributed by atoms with Crippen LogP contribution in [0, 0.1) is 0 Å². The maximum atomic E-state index is 12.6. The van der Waals surface area contributed by atoms with Gasteiger partial charge in [0.05, 0.1) is 26.5 Å². The molecule has 0 bridgehead atoms. The molecule has 1 aromatic carbocycles. The lowest BCUT2D eigenvalue weighted by Crippen LogP contribution is -2.16. The van der Waals surface area contributed by atoms with Crippen molar-refractivity contribution in [2.45, 2.75) is 6.54 Å². The van der Waals surface area contributed by atoms with Crippen molar-refractivity contribution in [2.24, 2.45) is 0 Å². The molecule has 0 aliphatic rings. The summed E-state index contributed by atoms with van der Waals surface area (Å²) < 4.78 is 10.5. The van der Waals surface area contributed by atoms with Crippen molar-refractivity contribution >= 4 is 17.5 Å². The summed E-state index contributed by atoms with van der Waals surface area (Å²) in [6.45, 7) is 0.527. The van der Waals surface area contributed by atoms with Gasteiger partial charge in [0, 0.05) is 6.20 Å². The molecule has 138 valence electrons. The van der Waals surface area contributed by atoms with E-state index >= 15 is 0 Å². The third-order valence-corrected chi connectivity index (χ3v) is 3.74. The Hall–Kier alpha value is -3.68. The Morgan fingerprint density at radius 3 is 2.22 bits per heavy atom. The summed E-state index contributed by atoms with van der Waals surface area (Å²) in [5.74, 6) is 1.32. The summed E-state index contributed by atoms with van der Waals surface area (Å²) in [7, 11) is 2.99. The molecule has 0 aliphatic carbocycles. The van der Waals surface area contributed by atoms with Crippen molar-refractivity contribution in [3.63, 3.8) is 0 Å². The molecule has 2 N–H and O–H groups in total. The maximum absolute atomic E-state index is 12.6. The Morgan fingerprint density at radius 1 is 0.926 bits per heavy atom. The fourth-order valence-corrected chi connectivity index (χ4v) is 2.43. The van der Waals surface area contributed by atoms with Crippen molar-refractivity contribution in [2.75, 3.05) is 24.9 Å². The lowest BCUT2D eigenvalue weighted by atomic mass is 10.1. The zero-order valence-corrected chi connectivity index (χ0v) is 15.0. The summed E-state index contributed by atoms with van der Waals surface area (Å²) in [5.41, 5.74) is 1.18. The van der Waals surface area contributed by atoms with Crippen molar-refractivity contribution in [1.82, 2.24) is 15.2 Å². The number of methoxy groups -OCH3 is 2. The van der Waals surface area contributed by atoms with Crippen LogP contribution in [-0.2, 0) is 6.54 Å². The van der Waals surface area contributed by atoms with Gasteiger partial charge < -0.3 is 20.1 Å². The number of aromatic nitrogens is 3. The Kier molecular flexibility index (Phi) is 5.78. The van der Waals surface area contributed by atoms with Crippen molar-refractivity contribution in [1.29, 1.82) is 0 Å². The van der Waals surface area contributed by atoms with Crippen molar-refractivity contribution in [3.05, 3.63) is 66.0 Å². The van der Waals surface area contributed by atoms with Gasteiger partial charge in [-0.3, -0.25) is 9.78 Å². The molecule has 27 heavy (non-hydrogen) atoms. The van der Waals surface area contributed by atoms with E-state index in [0.717, 1.165) is 5.69 Å².